The number of rotatable bonds is 2. The van der Waals surface area contributed by atoms with Gasteiger partial charge in [0.15, 0.2) is 5.16 Å². The summed E-state index contributed by atoms with van der Waals surface area (Å²) in [5.41, 5.74) is 11.6. The summed E-state index contributed by atoms with van der Waals surface area (Å²) in [7, 11) is 0. The van der Waals surface area contributed by atoms with Crippen molar-refractivity contribution >= 4 is 28.5 Å². The van der Waals surface area contributed by atoms with Crippen LogP contribution in [0.5, 0.6) is 0 Å². The van der Waals surface area contributed by atoms with Gasteiger partial charge in [-0.15, -0.1) is 0 Å². The van der Waals surface area contributed by atoms with Gasteiger partial charge >= 0.3 is 0 Å². The van der Waals surface area contributed by atoms with Gasteiger partial charge in [0.2, 0.25) is 5.12 Å². The largest absolute Gasteiger partial charge is 0.383 e. The first-order valence-corrected chi connectivity index (χ1v) is 5.64. The van der Waals surface area contributed by atoms with Gasteiger partial charge in [-0.1, -0.05) is 30.3 Å². The van der Waals surface area contributed by atoms with Gasteiger partial charge in [0.05, 0.1) is 0 Å². The molecule has 0 bridgehead atoms. The highest BCUT2D eigenvalue weighted by Gasteiger charge is 2.10. The Kier molecular flexibility index (Phi) is 3.24. The van der Waals surface area contributed by atoms with E-state index in [1.807, 2.05) is 6.07 Å². The molecule has 0 saturated carbocycles. The van der Waals surface area contributed by atoms with Crippen LogP contribution in [-0.2, 0) is 0 Å². The lowest BCUT2D eigenvalue weighted by Crippen LogP contribution is -2.01. The number of nitrogens with zero attached hydrogens (tertiary/aromatic N) is 2. The first-order valence-electron chi connectivity index (χ1n) is 4.82. The smallest absolute Gasteiger partial charge is 0.227 e. The fourth-order valence-corrected chi connectivity index (χ4v) is 1.95. The van der Waals surface area contributed by atoms with E-state index in [1.54, 1.807) is 24.3 Å². The number of carbonyl (C=O) groups is 1. The number of hydrogen-bond donors (Lipinski definition) is 2. The van der Waals surface area contributed by atoms with Crippen molar-refractivity contribution in [3.05, 3.63) is 42.0 Å². The van der Waals surface area contributed by atoms with Crippen LogP contribution in [0.15, 0.2) is 41.6 Å². The highest BCUT2D eigenvalue weighted by molar-refractivity contribution is 8.14. The van der Waals surface area contributed by atoms with Crippen molar-refractivity contribution in [2.24, 2.45) is 0 Å². The number of nitrogens with two attached hydrogens (primary N) is 2. The molecule has 2 aromatic rings. The zero-order valence-electron chi connectivity index (χ0n) is 8.83. The molecular weight excluding hydrogens is 236 g/mol. The van der Waals surface area contributed by atoms with Crippen LogP contribution in [0.3, 0.4) is 0 Å². The summed E-state index contributed by atoms with van der Waals surface area (Å²) in [6.45, 7) is 0. The maximum Gasteiger partial charge on any atom is 0.227 e. The molecule has 86 valence electrons. The molecule has 0 spiro atoms. The lowest BCUT2D eigenvalue weighted by atomic mass is 10.2. The molecule has 5 nitrogen and oxygen atoms in total. The lowest BCUT2D eigenvalue weighted by Gasteiger charge is -2.01. The van der Waals surface area contributed by atoms with E-state index < -0.39 is 0 Å². The fourth-order valence-electron chi connectivity index (χ4n) is 1.22. The Morgan fingerprint density at radius 2 is 1.65 bits per heavy atom. The summed E-state index contributed by atoms with van der Waals surface area (Å²) in [6.07, 6.45) is 0. The molecule has 0 atom stereocenters. The number of nitrogen functional groups attached to an aromatic ring is 2. The van der Waals surface area contributed by atoms with Crippen LogP contribution >= 0.6 is 11.8 Å². The topological polar surface area (TPSA) is 94.9 Å². The molecule has 0 fully saturated rings. The maximum atomic E-state index is 11.8. The van der Waals surface area contributed by atoms with Crippen molar-refractivity contribution in [3.8, 4) is 0 Å². The van der Waals surface area contributed by atoms with Gasteiger partial charge in [-0.3, -0.25) is 4.79 Å². The van der Waals surface area contributed by atoms with Crippen molar-refractivity contribution in [3.63, 3.8) is 0 Å². The average molecular weight is 246 g/mol. The second kappa shape index (κ2) is 4.84. The predicted octanol–water partition coefficient (Wildman–Crippen LogP) is 1.57. The molecule has 0 saturated heterocycles. The Bertz CT molecular complexity index is 524. The molecule has 1 aromatic carbocycles. The molecule has 0 aliphatic rings. The molecule has 0 unspecified atom stereocenters. The molecule has 2 rings (SSSR count). The summed E-state index contributed by atoms with van der Waals surface area (Å²) < 4.78 is 0. The third kappa shape index (κ3) is 2.94. The van der Waals surface area contributed by atoms with Gasteiger partial charge in [-0.2, -0.15) is 0 Å². The molecule has 0 amide bonds. The van der Waals surface area contributed by atoms with Gasteiger partial charge in [-0.25, -0.2) is 9.97 Å². The van der Waals surface area contributed by atoms with Crippen molar-refractivity contribution in [2.75, 3.05) is 11.5 Å². The molecule has 6 heteroatoms. The van der Waals surface area contributed by atoms with E-state index in [0.29, 0.717) is 5.56 Å². The second-order valence-corrected chi connectivity index (χ2v) is 4.20. The Balaban J connectivity index is 2.19. The van der Waals surface area contributed by atoms with Crippen LogP contribution in [0.25, 0.3) is 0 Å². The summed E-state index contributed by atoms with van der Waals surface area (Å²) in [6, 6.07) is 10.3. The van der Waals surface area contributed by atoms with Gasteiger partial charge in [0.1, 0.15) is 11.6 Å². The van der Waals surface area contributed by atoms with E-state index in [9.17, 15) is 4.79 Å². The summed E-state index contributed by atoms with van der Waals surface area (Å²) in [4.78, 5) is 19.7. The van der Waals surface area contributed by atoms with Crippen molar-refractivity contribution in [1.82, 2.24) is 9.97 Å². The third-order valence-electron chi connectivity index (χ3n) is 1.94. The Morgan fingerprint density at radius 1 is 1.06 bits per heavy atom. The second-order valence-electron chi connectivity index (χ2n) is 3.26. The molecule has 0 aliphatic carbocycles. The lowest BCUT2D eigenvalue weighted by molar-refractivity contribution is 0.108. The molecule has 0 aliphatic heterocycles. The predicted molar refractivity (Wildman–Crippen MR) is 67.5 cm³/mol. The highest BCUT2D eigenvalue weighted by atomic mass is 32.2. The minimum Gasteiger partial charge on any atom is -0.383 e. The van der Waals surface area contributed by atoms with Gasteiger partial charge in [0, 0.05) is 11.6 Å². The first-order chi connectivity index (χ1) is 8.15. The SMILES string of the molecule is Nc1cc(N)nc(SC(=O)c2ccccc2)n1. The molecule has 0 radical (unpaired) electrons. The zero-order chi connectivity index (χ0) is 12.3. The fraction of sp³-hybridized carbons (Fsp3) is 0. The number of carbonyl (C=O) groups excluding carboxylic acids is 1. The quantitative estimate of drug-likeness (QED) is 0.617. The standard InChI is InChI=1S/C11H10N4OS/c12-8-6-9(13)15-11(14-8)17-10(16)7-4-2-1-3-5-7/h1-6H,(H4,12,13,14,15). The van der Waals surface area contributed by atoms with Crippen LogP contribution in [0.1, 0.15) is 10.4 Å². The molecule has 1 heterocycles. The van der Waals surface area contributed by atoms with Crippen LogP contribution < -0.4 is 11.5 Å². The first kappa shape index (κ1) is 11.4. The van der Waals surface area contributed by atoms with Crippen LogP contribution in [-0.4, -0.2) is 15.1 Å². The van der Waals surface area contributed by atoms with Gasteiger partial charge in [0.25, 0.3) is 0 Å². The van der Waals surface area contributed by atoms with E-state index >= 15 is 0 Å². The number of benzene rings is 1. The van der Waals surface area contributed by atoms with Gasteiger partial charge in [-0.05, 0) is 11.8 Å². The van der Waals surface area contributed by atoms with Gasteiger partial charge < -0.3 is 11.5 Å². The number of aromatic nitrogens is 2. The summed E-state index contributed by atoms with van der Waals surface area (Å²) in [5.74, 6) is 0.502. The van der Waals surface area contributed by atoms with E-state index in [0.717, 1.165) is 11.8 Å². The monoisotopic (exact) mass is 246 g/mol. The third-order valence-corrected chi connectivity index (χ3v) is 2.72. The number of anilines is 2. The van der Waals surface area contributed by atoms with Crippen LogP contribution in [0, 0.1) is 0 Å². The zero-order valence-corrected chi connectivity index (χ0v) is 9.65. The Morgan fingerprint density at radius 3 is 2.24 bits per heavy atom. The Hall–Kier alpha value is -2.08. The van der Waals surface area contributed by atoms with E-state index in [2.05, 4.69) is 9.97 Å². The number of hydrogen-bond acceptors (Lipinski definition) is 6. The van der Waals surface area contributed by atoms with Crippen molar-refractivity contribution in [2.45, 2.75) is 5.16 Å². The van der Waals surface area contributed by atoms with Crippen molar-refractivity contribution in [1.29, 1.82) is 0 Å². The molecule has 1 aromatic heterocycles. The molecule has 4 N–H and O–H groups in total. The summed E-state index contributed by atoms with van der Waals surface area (Å²) >= 11 is 0.904. The summed E-state index contributed by atoms with van der Waals surface area (Å²) in [5, 5.41) is 0.118. The minimum absolute atomic E-state index is 0.143. The van der Waals surface area contributed by atoms with Crippen LogP contribution in [0.4, 0.5) is 11.6 Å². The van der Waals surface area contributed by atoms with Crippen molar-refractivity contribution < 1.29 is 4.79 Å². The van der Waals surface area contributed by atoms with E-state index in [-0.39, 0.29) is 21.9 Å². The molecular formula is C11H10N4OS. The Labute approximate surface area is 102 Å². The van der Waals surface area contributed by atoms with E-state index in [1.165, 1.54) is 6.07 Å². The number of thioether (sulfide) groups is 1. The molecule has 17 heavy (non-hydrogen) atoms. The maximum absolute atomic E-state index is 11.8. The minimum atomic E-state index is -0.143. The average Bonchev–Trinajstić information content (AvgIpc) is 2.28. The van der Waals surface area contributed by atoms with Crippen LogP contribution in [0.2, 0.25) is 0 Å². The highest BCUT2D eigenvalue weighted by Crippen LogP contribution is 2.20. The normalized spacial score (nSPS) is 10.1. The van der Waals surface area contributed by atoms with E-state index in [4.69, 9.17) is 11.5 Å².